The highest BCUT2D eigenvalue weighted by Gasteiger charge is 2.50. The lowest BCUT2D eigenvalue weighted by Crippen LogP contribution is -2.52. The molecule has 0 aromatic rings. The highest BCUT2D eigenvalue weighted by molar-refractivity contribution is 5.79. The van der Waals surface area contributed by atoms with Crippen molar-refractivity contribution in [2.75, 3.05) is 6.54 Å². The molecular weight excluding hydrogens is 238 g/mol. The molecule has 4 fully saturated rings. The van der Waals surface area contributed by atoms with Crippen LogP contribution in [0, 0.1) is 35.5 Å². The van der Waals surface area contributed by atoms with Crippen LogP contribution in [0.5, 0.6) is 0 Å². The van der Waals surface area contributed by atoms with Crippen molar-refractivity contribution in [3.63, 3.8) is 0 Å². The number of nitrogens with one attached hydrogen (secondary N) is 1. The summed E-state index contributed by atoms with van der Waals surface area (Å²) in [6, 6.07) is 0. The van der Waals surface area contributed by atoms with Gasteiger partial charge in [-0.25, -0.2) is 0 Å². The molecule has 4 aliphatic carbocycles. The van der Waals surface area contributed by atoms with Crippen molar-refractivity contribution in [2.24, 2.45) is 35.5 Å². The highest BCUT2D eigenvalue weighted by Crippen LogP contribution is 2.56. The van der Waals surface area contributed by atoms with E-state index in [0.717, 1.165) is 11.8 Å². The molecule has 2 N–H and O–H groups in total. The van der Waals surface area contributed by atoms with Crippen LogP contribution >= 0.6 is 0 Å². The summed E-state index contributed by atoms with van der Waals surface area (Å²) in [4.78, 5) is 12.4. The maximum absolute atomic E-state index is 12.4. The average molecular weight is 265 g/mol. The fourth-order valence-electron chi connectivity index (χ4n) is 4.91. The predicted molar refractivity (Wildman–Crippen MR) is 74.4 cm³/mol. The molecule has 4 saturated carbocycles. The average Bonchev–Trinajstić information content (AvgIpc) is 2.34. The first kappa shape index (κ1) is 13.4. The van der Waals surface area contributed by atoms with Gasteiger partial charge in [-0.2, -0.15) is 0 Å². The molecule has 4 bridgehead atoms. The van der Waals surface area contributed by atoms with Gasteiger partial charge in [-0.1, -0.05) is 13.8 Å². The Kier molecular flexibility index (Phi) is 3.59. The van der Waals surface area contributed by atoms with E-state index in [0.29, 0.717) is 18.4 Å². The summed E-state index contributed by atoms with van der Waals surface area (Å²) in [7, 11) is 0. The number of hydrogen-bond donors (Lipinski definition) is 2. The van der Waals surface area contributed by atoms with E-state index < -0.39 is 6.10 Å². The topological polar surface area (TPSA) is 49.3 Å². The molecule has 0 heterocycles. The number of rotatable bonds is 4. The van der Waals surface area contributed by atoms with E-state index in [4.69, 9.17) is 0 Å². The summed E-state index contributed by atoms with van der Waals surface area (Å²) in [6.45, 7) is 4.39. The summed E-state index contributed by atoms with van der Waals surface area (Å²) >= 11 is 0. The molecule has 1 amide bonds. The molecule has 1 atom stereocenters. The molecule has 19 heavy (non-hydrogen) atoms. The Hall–Kier alpha value is -0.570. The first-order valence-electron chi connectivity index (χ1n) is 8.00. The molecule has 0 aromatic heterocycles. The lowest BCUT2D eigenvalue weighted by Gasteiger charge is -2.53. The zero-order valence-corrected chi connectivity index (χ0v) is 12.1. The molecule has 0 spiro atoms. The maximum atomic E-state index is 12.4. The van der Waals surface area contributed by atoms with E-state index in [-0.39, 0.29) is 17.7 Å². The molecule has 4 rings (SSSR count). The van der Waals surface area contributed by atoms with Crippen LogP contribution < -0.4 is 5.32 Å². The van der Waals surface area contributed by atoms with Gasteiger partial charge in [0.15, 0.2) is 0 Å². The minimum Gasteiger partial charge on any atom is -0.391 e. The first-order chi connectivity index (χ1) is 9.04. The molecule has 3 nitrogen and oxygen atoms in total. The Morgan fingerprint density at radius 1 is 1.11 bits per heavy atom. The number of carbonyl (C=O) groups is 1. The van der Waals surface area contributed by atoms with Crippen LogP contribution in [0.1, 0.15) is 46.0 Å². The Bertz CT molecular complexity index is 325. The molecule has 0 aliphatic heterocycles. The van der Waals surface area contributed by atoms with Crippen LogP contribution in [0.4, 0.5) is 0 Å². The van der Waals surface area contributed by atoms with Crippen molar-refractivity contribution in [2.45, 2.75) is 52.1 Å². The quantitative estimate of drug-likeness (QED) is 0.818. The van der Waals surface area contributed by atoms with Crippen molar-refractivity contribution in [3.05, 3.63) is 0 Å². The van der Waals surface area contributed by atoms with E-state index in [9.17, 15) is 9.90 Å². The minimum atomic E-state index is -0.416. The smallest absolute Gasteiger partial charge is 0.223 e. The number of carbonyl (C=O) groups excluding carboxylic acids is 1. The molecule has 1 unspecified atom stereocenters. The third kappa shape index (κ3) is 2.54. The normalized spacial score (nSPS) is 41.6. The van der Waals surface area contributed by atoms with Crippen molar-refractivity contribution in [1.82, 2.24) is 5.32 Å². The van der Waals surface area contributed by atoms with E-state index in [1.165, 1.54) is 32.1 Å². The van der Waals surface area contributed by atoms with E-state index in [2.05, 4.69) is 5.32 Å². The molecule has 3 heteroatoms. The zero-order chi connectivity index (χ0) is 13.6. The summed E-state index contributed by atoms with van der Waals surface area (Å²) in [5.41, 5.74) is 0. The van der Waals surface area contributed by atoms with Crippen molar-refractivity contribution >= 4 is 5.91 Å². The van der Waals surface area contributed by atoms with Gasteiger partial charge in [0.2, 0.25) is 5.91 Å². The molecular formula is C16H27NO2. The largest absolute Gasteiger partial charge is 0.391 e. The van der Waals surface area contributed by atoms with E-state index in [1.54, 1.807) is 0 Å². The molecule has 0 radical (unpaired) electrons. The second-order valence-electron chi connectivity index (χ2n) is 7.51. The van der Waals surface area contributed by atoms with Crippen LogP contribution in [0.15, 0.2) is 0 Å². The summed E-state index contributed by atoms with van der Waals surface area (Å²) in [5.74, 6) is 3.75. The van der Waals surface area contributed by atoms with Gasteiger partial charge in [-0.15, -0.1) is 0 Å². The lowest BCUT2D eigenvalue weighted by atomic mass is 9.51. The third-order valence-corrected chi connectivity index (χ3v) is 5.78. The summed E-state index contributed by atoms with van der Waals surface area (Å²) < 4.78 is 0. The van der Waals surface area contributed by atoms with Gasteiger partial charge in [0, 0.05) is 12.5 Å². The minimum absolute atomic E-state index is 0.207. The van der Waals surface area contributed by atoms with Crippen molar-refractivity contribution in [1.29, 1.82) is 0 Å². The fraction of sp³-hybridized carbons (Fsp3) is 0.938. The van der Waals surface area contributed by atoms with E-state index in [1.807, 2.05) is 13.8 Å². The van der Waals surface area contributed by atoms with Gasteiger partial charge in [-0.3, -0.25) is 4.79 Å². The lowest BCUT2D eigenvalue weighted by molar-refractivity contribution is -0.138. The van der Waals surface area contributed by atoms with Crippen LogP contribution in [-0.4, -0.2) is 23.7 Å². The van der Waals surface area contributed by atoms with Crippen molar-refractivity contribution in [3.8, 4) is 0 Å². The van der Waals surface area contributed by atoms with E-state index >= 15 is 0 Å². The Labute approximate surface area is 116 Å². The number of aliphatic hydroxyl groups excluding tert-OH is 1. The molecule has 108 valence electrons. The van der Waals surface area contributed by atoms with Crippen LogP contribution in [0.25, 0.3) is 0 Å². The number of hydrogen-bond acceptors (Lipinski definition) is 2. The molecule has 4 aliphatic rings. The molecule has 0 saturated heterocycles. The summed E-state index contributed by atoms with van der Waals surface area (Å²) in [6.07, 6.45) is 6.11. The van der Waals surface area contributed by atoms with Gasteiger partial charge in [0.1, 0.15) is 0 Å². The summed E-state index contributed by atoms with van der Waals surface area (Å²) in [5, 5.41) is 12.8. The standard InChI is InChI=1S/C16H27NO2/c1-9(2)14(18)8-17-16(19)15-12-4-10-3-11(6-12)7-13(15)5-10/h9-15,18H,3-8H2,1-2H3,(H,17,19). The second kappa shape index (κ2) is 5.08. The number of amides is 1. The van der Waals surface area contributed by atoms with Gasteiger partial charge in [0.05, 0.1) is 6.10 Å². The van der Waals surface area contributed by atoms with Crippen LogP contribution in [-0.2, 0) is 4.79 Å². The van der Waals surface area contributed by atoms with Gasteiger partial charge in [0.25, 0.3) is 0 Å². The molecule has 0 aromatic carbocycles. The predicted octanol–water partition coefficient (Wildman–Crippen LogP) is 2.19. The maximum Gasteiger partial charge on any atom is 0.223 e. The SMILES string of the molecule is CC(C)C(O)CNC(=O)C1C2CC3CC(C2)CC1C3. The Morgan fingerprint density at radius 2 is 1.63 bits per heavy atom. The Morgan fingerprint density at radius 3 is 2.11 bits per heavy atom. The number of aliphatic hydroxyl groups is 1. The monoisotopic (exact) mass is 265 g/mol. The van der Waals surface area contributed by atoms with Gasteiger partial charge < -0.3 is 10.4 Å². The Balaban J connectivity index is 1.58. The van der Waals surface area contributed by atoms with Crippen LogP contribution in [0.3, 0.4) is 0 Å². The zero-order valence-electron chi connectivity index (χ0n) is 12.1. The van der Waals surface area contributed by atoms with Gasteiger partial charge in [-0.05, 0) is 61.7 Å². The van der Waals surface area contributed by atoms with Crippen molar-refractivity contribution < 1.29 is 9.90 Å². The fourth-order valence-corrected chi connectivity index (χ4v) is 4.91. The second-order valence-corrected chi connectivity index (χ2v) is 7.51. The van der Waals surface area contributed by atoms with Gasteiger partial charge >= 0.3 is 0 Å². The first-order valence-corrected chi connectivity index (χ1v) is 8.00. The van der Waals surface area contributed by atoms with Crippen LogP contribution in [0.2, 0.25) is 0 Å². The third-order valence-electron chi connectivity index (χ3n) is 5.78. The highest BCUT2D eigenvalue weighted by atomic mass is 16.3.